The van der Waals surface area contributed by atoms with Crippen molar-refractivity contribution >= 4 is 17.9 Å². The van der Waals surface area contributed by atoms with E-state index in [0.29, 0.717) is 6.54 Å². The normalized spacial score (nSPS) is 10.7. The van der Waals surface area contributed by atoms with Gasteiger partial charge in [-0.3, -0.25) is 4.79 Å². The first-order chi connectivity index (χ1) is 8.43. The Bertz CT molecular complexity index is 411. The van der Waals surface area contributed by atoms with Crippen molar-refractivity contribution in [2.24, 2.45) is 0 Å². The Morgan fingerprint density at radius 2 is 1.94 bits per heavy atom. The monoisotopic (exact) mass is 269 g/mol. The molecule has 5 heteroatoms. The molecule has 0 aliphatic rings. The Labute approximate surface area is 112 Å². The molecule has 0 unspecified atom stereocenters. The van der Waals surface area contributed by atoms with E-state index >= 15 is 0 Å². The molecule has 18 heavy (non-hydrogen) atoms. The van der Waals surface area contributed by atoms with Crippen molar-refractivity contribution in [2.45, 2.75) is 25.2 Å². The van der Waals surface area contributed by atoms with Crippen LogP contribution < -0.4 is 4.74 Å². The van der Waals surface area contributed by atoms with Gasteiger partial charge in [-0.1, -0.05) is 0 Å². The third-order valence-electron chi connectivity index (χ3n) is 2.56. The molecule has 0 aliphatic heterocycles. The van der Waals surface area contributed by atoms with Crippen molar-refractivity contribution < 1.29 is 14.6 Å². The molecule has 0 amide bonds. The largest absolute Gasteiger partial charge is 0.497 e. The second kappa shape index (κ2) is 6.66. The summed E-state index contributed by atoms with van der Waals surface area (Å²) in [4.78, 5) is 11.7. The number of methoxy groups -OCH3 is 1. The third kappa shape index (κ3) is 4.23. The summed E-state index contributed by atoms with van der Waals surface area (Å²) in [7, 11) is 3.55. The summed E-state index contributed by atoms with van der Waals surface area (Å²) in [5.74, 6) is 0.0770. The van der Waals surface area contributed by atoms with Crippen molar-refractivity contribution in [2.75, 3.05) is 20.7 Å². The van der Waals surface area contributed by atoms with E-state index in [9.17, 15) is 4.79 Å². The standard InChI is InChI=1S/C13H19NO3S/c1-9-7-11(17-4)8-10(2)13(9)18-14(3)6-5-12(15)16/h7-8H,5-6H2,1-4H3,(H,15,16). The van der Waals surface area contributed by atoms with Crippen LogP contribution >= 0.6 is 11.9 Å². The van der Waals surface area contributed by atoms with Crippen LogP contribution in [0.5, 0.6) is 5.75 Å². The van der Waals surface area contributed by atoms with Gasteiger partial charge in [0.2, 0.25) is 0 Å². The first-order valence-corrected chi connectivity index (χ1v) is 6.47. The number of nitrogens with zero attached hydrogens (tertiary/aromatic N) is 1. The Kier molecular flexibility index (Phi) is 5.50. The zero-order valence-corrected chi connectivity index (χ0v) is 12.0. The van der Waals surface area contributed by atoms with Gasteiger partial charge < -0.3 is 9.84 Å². The first-order valence-electron chi connectivity index (χ1n) is 5.70. The van der Waals surface area contributed by atoms with Gasteiger partial charge >= 0.3 is 5.97 Å². The van der Waals surface area contributed by atoms with Crippen LogP contribution in [-0.4, -0.2) is 36.1 Å². The Morgan fingerprint density at radius 3 is 2.39 bits per heavy atom. The Hall–Kier alpha value is -1.20. The molecule has 4 nitrogen and oxygen atoms in total. The van der Waals surface area contributed by atoms with Crippen molar-refractivity contribution in [3.8, 4) is 5.75 Å². The fourth-order valence-corrected chi connectivity index (χ4v) is 2.53. The number of ether oxygens (including phenoxy) is 1. The van der Waals surface area contributed by atoms with Gasteiger partial charge in [-0.25, -0.2) is 4.31 Å². The maximum atomic E-state index is 10.5. The number of hydrogen-bond donors (Lipinski definition) is 1. The van der Waals surface area contributed by atoms with Crippen LogP contribution in [0.3, 0.4) is 0 Å². The van der Waals surface area contributed by atoms with E-state index < -0.39 is 5.97 Å². The highest BCUT2D eigenvalue weighted by molar-refractivity contribution is 7.97. The SMILES string of the molecule is COc1cc(C)c(SN(C)CCC(=O)O)c(C)c1. The molecule has 0 atom stereocenters. The van der Waals surface area contributed by atoms with Crippen LogP contribution in [0.15, 0.2) is 17.0 Å². The summed E-state index contributed by atoms with van der Waals surface area (Å²) in [5, 5.41) is 8.65. The summed E-state index contributed by atoms with van der Waals surface area (Å²) in [5.41, 5.74) is 2.28. The quantitative estimate of drug-likeness (QED) is 0.805. The predicted molar refractivity (Wildman–Crippen MR) is 73.2 cm³/mol. The number of carboxylic acids is 1. The van der Waals surface area contributed by atoms with Crippen LogP contribution in [0.2, 0.25) is 0 Å². The van der Waals surface area contributed by atoms with Gasteiger partial charge in [-0.15, -0.1) is 0 Å². The van der Waals surface area contributed by atoms with Gasteiger partial charge in [-0.05, 0) is 56.1 Å². The van der Waals surface area contributed by atoms with Gasteiger partial charge in [0.15, 0.2) is 0 Å². The molecule has 0 radical (unpaired) electrons. The fourth-order valence-electron chi connectivity index (χ4n) is 1.63. The molecule has 1 N–H and O–H groups in total. The minimum atomic E-state index is -0.773. The molecule has 0 saturated heterocycles. The maximum Gasteiger partial charge on any atom is 0.304 e. The van der Waals surface area contributed by atoms with E-state index in [1.165, 1.54) is 0 Å². The third-order valence-corrected chi connectivity index (χ3v) is 3.88. The van der Waals surface area contributed by atoms with Crippen molar-refractivity contribution in [1.29, 1.82) is 0 Å². The highest BCUT2D eigenvalue weighted by atomic mass is 32.2. The molecule has 1 aromatic rings. The van der Waals surface area contributed by atoms with Gasteiger partial charge in [0.05, 0.1) is 13.5 Å². The molecule has 0 bridgehead atoms. The minimum Gasteiger partial charge on any atom is -0.497 e. The molecule has 0 aliphatic carbocycles. The molecule has 0 spiro atoms. The van der Waals surface area contributed by atoms with Gasteiger partial charge in [0, 0.05) is 11.4 Å². The van der Waals surface area contributed by atoms with Crippen molar-refractivity contribution in [1.82, 2.24) is 4.31 Å². The van der Waals surface area contributed by atoms with Crippen molar-refractivity contribution in [3.05, 3.63) is 23.3 Å². The number of carbonyl (C=O) groups is 1. The molecule has 1 rings (SSSR count). The average molecular weight is 269 g/mol. The first kappa shape index (κ1) is 14.9. The minimum absolute atomic E-state index is 0.151. The molecule has 1 aromatic carbocycles. The molecule has 0 heterocycles. The lowest BCUT2D eigenvalue weighted by atomic mass is 10.1. The number of rotatable bonds is 6. The second-order valence-electron chi connectivity index (χ2n) is 4.18. The number of aliphatic carboxylic acids is 1. The maximum absolute atomic E-state index is 10.5. The van der Waals surface area contributed by atoms with Crippen LogP contribution in [0.4, 0.5) is 0 Å². The zero-order chi connectivity index (χ0) is 13.7. The lowest BCUT2D eigenvalue weighted by molar-refractivity contribution is -0.137. The van der Waals surface area contributed by atoms with E-state index in [1.54, 1.807) is 19.1 Å². The second-order valence-corrected chi connectivity index (χ2v) is 5.39. The summed E-state index contributed by atoms with van der Waals surface area (Å²) in [6.07, 6.45) is 0.151. The van der Waals surface area contributed by atoms with Gasteiger partial charge in [0.1, 0.15) is 5.75 Å². The number of aryl methyl sites for hydroxylation is 2. The summed E-state index contributed by atoms with van der Waals surface area (Å²) in [6.45, 7) is 4.58. The van der Waals surface area contributed by atoms with Crippen LogP contribution in [0.1, 0.15) is 17.5 Å². The molecule has 0 fully saturated rings. The smallest absolute Gasteiger partial charge is 0.304 e. The van der Waals surface area contributed by atoms with Gasteiger partial charge in [0.25, 0.3) is 0 Å². The molecular formula is C13H19NO3S. The van der Waals surface area contributed by atoms with E-state index in [4.69, 9.17) is 9.84 Å². The molecule has 100 valence electrons. The fraction of sp³-hybridized carbons (Fsp3) is 0.462. The van der Waals surface area contributed by atoms with Crippen LogP contribution in [0, 0.1) is 13.8 Å². The molecule has 0 saturated carbocycles. The topological polar surface area (TPSA) is 49.8 Å². The van der Waals surface area contributed by atoms with E-state index in [2.05, 4.69) is 0 Å². The van der Waals surface area contributed by atoms with E-state index in [-0.39, 0.29) is 6.42 Å². The zero-order valence-electron chi connectivity index (χ0n) is 11.2. The lowest BCUT2D eigenvalue weighted by Gasteiger charge is -2.18. The van der Waals surface area contributed by atoms with E-state index in [0.717, 1.165) is 21.8 Å². The van der Waals surface area contributed by atoms with Crippen LogP contribution in [0.25, 0.3) is 0 Å². The van der Waals surface area contributed by atoms with Gasteiger partial charge in [-0.2, -0.15) is 0 Å². The van der Waals surface area contributed by atoms with Crippen LogP contribution in [-0.2, 0) is 4.79 Å². The summed E-state index contributed by atoms with van der Waals surface area (Å²) >= 11 is 1.57. The summed E-state index contributed by atoms with van der Waals surface area (Å²) in [6, 6.07) is 3.97. The predicted octanol–water partition coefficient (Wildman–Crippen LogP) is 2.73. The van der Waals surface area contributed by atoms with E-state index in [1.807, 2.05) is 37.3 Å². The average Bonchev–Trinajstić information content (AvgIpc) is 2.30. The van der Waals surface area contributed by atoms with Crippen molar-refractivity contribution in [3.63, 3.8) is 0 Å². The summed E-state index contributed by atoms with van der Waals surface area (Å²) < 4.78 is 7.15. The highest BCUT2D eigenvalue weighted by Gasteiger charge is 2.10. The molecular weight excluding hydrogens is 250 g/mol. The number of hydrogen-bond acceptors (Lipinski definition) is 4. The Morgan fingerprint density at radius 1 is 1.39 bits per heavy atom. The molecule has 0 aromatic heterocycles. The highest BCUT2D eigenvalue weighted by Crippen LogP contribution is 2.31. The Balaban J connectivity index is 2.75. The number of benzene rings is 1. The number of carboxylic acid groups (broad SMARTS) is 1. The lowest BCUT2D eigenvalue weighted by Crippen LogP contribution is -2.14.